The smallest absolute Gasteiger partial charge is 0.0401 e. The molecule has 1 atom stereocenters. The van der Waals surface area contributed by atoms with Gasteiger partial charge in [-0.1, -0.05) is 64.7 Å². The molecule has 110 valence electrons. The molecule has 1 aromatic rings. The number of hydrogen-bond acceptors (Lipinski definition) is 2. The molecule has 0 saturated heterocycles. The summed E-state index contributed by atoms with van der Waals surface area (Å²) in [4.78, 5) is 1.31. The van der Waals surface area contributed by atoms with Crippen molar-refractivity contribution < 1.29 is 0 Å². The van der Waals surface area contributed by atoms with Crippen molar-refractivity contribution in [3.63, 3.8) is 0 Å². The summed E-state index contributed by atoms with van der Waals surface area (Å²) in [5.74, 6) is 0. The Hall–Kier alpha value is 0.140. The van der Waals surface area contributed by atoms with Crippen LogP contribution in [0.5, 0.6) is 0 Å². The van der Waals surface area contributed by atoms with Gasteiger partial charge in [-0.25, -0.2) is 0 Å². The molecule has 0 aliphatic rings. The first-order chi connectivity index (χ1) is 9.25. The molecule has 0 fully saturated rings. The third kappa shape index (κ3) is 7.48. The number of halogens is 1. The van der Waals surface area contributed by atoms with E-state index in [-0.39, 0.29) is 6.04 Å². The van der Waals surface area contributed by atoms with Gasteiger partial charge < -0.3 is 5.73 Å². The van der Waals surface area contributed by atoms with Gasteiger partial charge in [-0.2, -0.15) is 0 Å². The van der Waals surface area contributed by atoms with Crippen LogP contribution in [0.25, 0.3) is 0 Å². The standard InChI is InChI=1S/C16H28BrNS/c1-2-3-4-5-6-7-8-9-10-11-15(18)16-14(17)12-13-19-16/h12-13,15H,2-11,18H2,1H3. The molecule has 0 saturated carbocycles. The van der Waals surface area contributed by atoms with Gasteiger partial charge in [0.1, 0.15) is 0 Å². The molecule has 1 heterocycles. The number of thiophene rings is 1. The molecule has 1 rings (SSSR count). The highest BCUT2D eigenvalue weighted by molar-refractivity contribution is 9.10. The fourth-order valence-corrected chi connectivity index (χ4v) is 4.08. The van der Waals surface area contributed by atoms with E-state index in [2.05, 4.69) is 34.3 Å². The Labute approximate surface area is 131 Å². The van der Waals surface area contributed by atoms with Gasteiger partial charge in [-0.3, -0.25) is 0 Å². The Balaban J connectivity index is 1.95. The van der Waals surface area contributed by atoms with E-state index in [1.807, 2.05) is 0 Å². The predicted molar refractivity (Wildman–Crippen MR) is 90.8 cm³/mol. The van der Waals surface area contributed by atoms with Crippen molar-refractivity contribution in [2.24, 2.45) is 5.73 Å². The second-order valence-electron chi connectivity index (χ2n) is 5.36. The largest absolute Gasteiger partial charge is 0.323 e. The summed E-state index contributed by atoms with van der Waals surface area (Å²) in [5.41, 5.74) is 6.22. The fourth-order valence-electron chi connectivity index (χ4n) is 2.38. The summed E-state index contributed by atoms with van der Waals surface area (Å²) in [7, 11) is 0. The zero-order valence-electron chi connectivity index (χ0n) is 12.2. The number of rotatable bonds is 11. The average Bonchev–Trinajstić information content (AvgIpc) is 2.83. The minimum atomic E-state index is 0.221. The highest BCUT2D eigenvalue weighted by Crippen LogP contribution is 2.30. The highest BCUT2D eigenvalue weighted by atomic mass is 79.9. The summed E-state index contributed by atoms with van der Waals surface area (Å²) in [6.07, 6.45) is 13.5. The van der Waals surface area contributed by atoms with E-state index < -0.39 is 0 Å². The quantitative estimate of drug-likeness (QED) is 0.459. The maximum atomic E-state index is 6.22. The van der Waals surface area contributed by atoms with Crippen LogP contribution in [-0.2, 0) is 0 Å². The summed E-state index contributed by atoms with van der Waals surface area (Å²) >= 11 is 5.33. The van der Waals surface area contributed by atoms with Crippen molar-refractivity contribution in [3.8, 4) is 0 Å². The minimum Gasteiger partial charge on any atom is -0.323 e. The second-order valence-corrected chi connectivity index (χ2v) is 7.16. The van der Waals surface area contributed by atoms with Crippen LogP contribution in [0.1, 0.15) is 82.1 Å². The molecule has 0 aliphatic carbocycles. The first-order valence-corrected chi connectivity index (χ1v) is 9.41. The topological polar surface area (TPSA) is 26.0 Å². The third-order valence-corrected chi connectivity index (χ3v) is 5.60. The molecular weight excluding hydrogens is 318 g/mol. The molecule has 1 aromatic heterocycles. The SMILES string of the molecule is CCCCCCCCCCCC(N)c1sccc1Br. The average molecular weight is 346 g/mol. The van der Waals surface area contributed by atoms with Gasteiger partial charge in [-0.15, -0.1) is 11.3 Å². The molecule has 0 aliphatic heterocycles. The highest BCUT2D eigenvalue weighted by Gasteiger charge is 2.10. The van der Waals surface area contributed by atoms with Crippen LogP contribution >= 0.6 is 27.3 Å². The maximum absolute atomic E-state index is 6.22. The van der Waals surface area contributed by atoms with E-state index >= 15 is 0 Å². The normalized spacial score (nSPS) is 12.8. The van der Waals surface area contributed by atoms with Gasteiger partial charge in [0.25, 0.3) is 0 Å². The molecule has 0 bridgehead atoms. The van der Waals surface area contributed by atoms with Crippen molar-refractivity contribution >= 4 is 27.3 Å². The minimum absolute atomic E-state index is 0.221. The van der Waals surface area contributed by atoms with Crippen molar-refractivity contribution in [1.29, 1.82) is 0 Å². The van der Waals surface area contributed by atoms with E-state index in [0.717, 1.165) is 6.42 Å². The zero-order chi connectivity index (χ0) is 13.9. The maximum Gasteiger partial charge on any atom is 0.0401 e. The van der Waals surface area contributed by atoms with E-state index in [1.165, 1.54) is 67.1 Å². The van der Waals surface area contributed by atoms with Crippen molar-refractivity contribution in [3.05, 3.63) is 20.8 Å². The Morgan fingerprint density at radius 1 is 1.05 bits per heavy atom. The Morgan fingerprint density at radius 2 is 1.63 bits per heavy atom. The number of hydrogen-bond donors (Lipinski definition) is 1. The number of unbranched alkanes of at least 4 members (excludes halogenated alkanes) is 8. The van der Waals surface area contributed by atoms with Gasteiger partial charge in [0.05, 0.1) is 0 Å². The van der Waals surface area contributed by atoms with Gasteiger partial charge >= 0.3 is 0 Å². The van der Waals surface area contributed by atoms with Crippen LogP contribution in [0.2, 0.25) is 0 Å². The Bertz CT molecular complexity index is 324. The van der Waals surface area contributed by atoms with Crippen molar-refractivity contribution in [1.82, 2.24) is 0 Å². The molecule has 19 heavy (non-hydrogen) atoms. The van der Waals surface area contributed by atoms with Crippen LogP contribution < -0.4 is 5.73 Å². The third-order valence-electron chi connectivity index (χ3n) is 3.60. The monoisotopic (exact) mass is 345 g/mol. The van der Waals surface area contributed by atoms with Gasteiger partial charge in [0.15, 0.2) is 0 Å². The molecule has 0 spiro atoms. The van der Waals surface area contributed by atoms with Crippen LogP contribution in [0.3, 0.4) is 0 Å². The molecule has 0 amide bonds. The summed E-state index contributed by atoms with van der Waals surface area (Å²) in [6.45, 7) is 2.27. The first kappa shape index (κ1) is 17.2. The molecule has 0 radical (unpaired) electrons. The number of nitrogens with two attached hydrogens (primary N) is 1. The Kier molecular flexibility index (Phi) is 9.84. The summed E-state index contributed by atoms with van der Waals surface area (Å²) in [6, 6.07) is 2.31. The van der Waals surface area contributed by atoms with Crippen LogP contribution in [0, 0.1) is 0 Å². The lowest BCUT2D eigenvalue weighted by Crippen LogP contribution is -2.08. The Morgan fingerprint density at radius 3 is 2.16 bits per heavy atom. The molecular formula is C16H28BrNS. The summed E-state index contributed by atoms with van der Waals surface area (Å²) < 4.78 is 1.18. The van der Waals surface area contributed by atoms with Gasteiger partial charge in [0, 0.05) is 15.4 Å². The van der Waals surface area contributed by atoms with Crippen molar-refractivity contribution in [2.45, 2.75) is 77.2 Å². The van der Waals surface area contributed by atoms with E-state index in [9.17, 15) is 0 Å². The fraction of sp³-hybridized carbons (Fsp3) is 0.750. The van der Waals surface area contributed by atoms with Crippen LogP contribution in [0.15, 0.2) is 15.9 Å². The van der Waals surface area contributed by atoms with Gasteiger partial charge in [-0.05, 0) is 33.8 Å². The van der Waals surface area contributed by atoms with E-state index in [0.29, 0.717) is 0 Å². The van der Waals surface area contributed by atoms with Crippen LogP contribution in [-0.4, -0.2) is 0 Å². The molecule has 1 unspecified atom stereocenters. The lowest BCUT2D eigenvalue weighted by molar-refractivity contribution is 0.534. The first-order valence-electron chi connectivity index (χ1n) is 7.74. The van der Waals surface area contributed by atoms with Crippen molar-refractivity contribution in [2.75, 3.05) is 0 Å². The molecule has 2 N–H and O–H groups in total. The second kappa shape index (κ2) is 10.9. The van der Waals surface area contributed by atoms with E-state index in [1.54, 1.807) is 11.3 Å². The molecule has 0 aromatic carbocycles. The predicted octanol–water partition coefficient (Wildman–Crippen LogP) is 6.43. The zero-order valence-corrected chi connectivity index (χ0v) is 14.6. The van der Waals surface area contributed by atoms with Crippen LogP contribution in [0.4, 0.5) is 0 Å². The molecule has 1 nitrogen and oxygen atoms in total. The lowest BCUT2D eigenvalue weighted by Gasteiger charge is -2.10. The lowest BCUT2D eigenvalue weighted by atomic mass is 10.0. The van der Waals surface area contributed by atoms with Gasteiger partial charge in [0.2, 0.25) is 0 Å². The van der Waals surface area contributed by atoms with E-state index in [4.69, 9.17) is 5.73 Å². The summed E-state index contributed by atoms with van der Waals surface area (Å²) in [5, 5.41) is 2.11. The molecule has 3 heteroatoms.